The molecule has 3 aromatic rings. The Morgan fingerprint density at radius 3 is 2.58 bits per heavy atom. The quantitative estimate of drug-likeness (QED) is 0.572. The lowest BCUT2D eigenvalue weighted by Gasteiger charge is -2.05. The van der Waals surface area contributed by atoms with Crippen LogP contribution in [0.5, 0.6) is 0 Å². The Labute approximate surface area is 168 Å². The van der Waals surface area contributed by atoms with Crippen molar-refractivity contribution in [2.75, 3.05) is 5.32 Å². The molecule has 2 aromatic heterocycles. The van der Waals surface area contributed by atoms with Crippen LogP contribution >= 0.6 is 31.9 Å². The predicted octanol–water partition coefficient (Wildman–Crippen LogP) is 4.30. The first kappa shape index (κ1) is 18.8. The van der Waals surface area contributed by atoms with Crippen LogP contribution in [0.25, 0.3) is 0 Å². The second-order valence-corrected chi connectivity index (χ2v) is 7.77. The molecule has 1 N–H and O–H groups in total. The average Bonchev–Trinajstić information content (AvgIpc) is 3.15. The fourth-order valence-electron chi connectivity index (χ4n) is 2.62. The molecule has 0 saturated carbocycles. The number of aromatic nitrogens is 4. The standard InChI is InChI=1S/C18H19Br2N5O/c1-12-18(20)13(2)25(23-12)8-7-17(26)22-16-9-21-24(11-16)10-14-3-5-15(19)6-4-14/h3-6,9,11H,7-8,10H2,1-2H3,(H,22,26). The maximum atomic E-state index is 12.2. The minimum absolute atomic E-state index is 0.0585. The lowest BCUT2D eigenvalue weighted by molar-refractivity contribution is -0.116. The molecule has 136 valence electrons. The second kappa shape index (κ2) is 8.18. The van der Waals surface area contributed by atoms with E-state index in [2.05, 4.69) is 47.4 Å². The van der Waals surface area contributed by atoms with Gasteiger partial charge in [-0.2, -0.15) is 10.2 Å². The van der Waals surface area contributed by atoms with Crippen molar-refractivity contribution in [3.8, 4) is 0 Å². The molecular weight excluding hydrogens is 462 g/mol. The zero-order chi connectivity index (χ0) is 18.7. The summed E-state index contributed by atoms with van der Waals surface area (Å²) in [5, 5.41) is 11.6. The topological polar surface area (TPSA) is 64.7 Å². The monoisotopic (exact) mass is 479 g/mol. The van der Waals surface area contributed by atoms with Crippen LogP contribution in [-0.4, -0.2) is 25.5 Å². The lowest BCUT2D eigenvalue weighted by Crippen LogP contribution is -2.15. The minimum atomic E-state index is -0.0585. The molecule has 1 aromatic carbocycles. The van der Waals surface area contributed by atoms with Crippen LogP contribution in [0.4, 0.5) is 5.69 Å². The summed E-state index contributed by atoms with van der Waals surface area (Å²) in [5.41, 5.74) is 3.79. The average molecular weight is 481 g/mol. The first-order valence-corrected chi connectivity index (χ1v) is 9.77. The Hall–Kier alpha value is -1.93. The van der Waals surface area contributed by atoms with Gasteiger partial charge in [-0.1, -0.05) is 28.1 Å². The summed E-state index contributed by atoms with van der Waals surface area (Å²) < 4.78 is 5.68. The van der Waals surface area contributed by atoms with Crippen LogP contribution in [0.1, 0.15) is 23.4 Å². The fourth-order valence-corrected chi connectivity index (χ4v) is 3.16. The van der Waals surface area contributed by atoms with Gasteiger partial charge in [0.1, 0.15) is 0 Å². The summed E-state index contributed by atoms with van der Waals surface area (Å²) in [5.74, 6) is -0.0585. The van der Waals surface area contributed by atoms with Gasteiger partial charge in [0.15, 0.2) is 0 Å². The number of halogens is 2. The minimum Gasteiger partial charge on any atom is -0.323 e. The highest BCUT2D eigenvalue weighted by molar-refractivity contribution is 9.10. The zero-order valence-corrected chi connectivity index (χ0v) is 17.7. The van der Waals surface area contributed by atoms with E-state index in [1.54, 1.807) is 10.9 Å². The number of nitrogens with one attached hydrogen (secondary N) is 1. The van der Waals surface area contributed by atoms with E-state index in [1.807, 2.05) is 49.0 Å². The van der Waals surface area contributed by atoms with Crippen molar-refractivity contribution >= 4 is 43.5 Å². The Kier molecular flexibility index (Phi) is 5.93. The molecule has 0 saturated heterocycles. The van der Waals surface area contributed by atoms with E-state index in [1.165, 1.54) is 0 Å². The molecule has 0 aliphatic carbocycles. The van der Waals surface area contributed by atoms with Crippen molar-refractivity contribution in [3.05, 3.63) is 62.6 Å². The van der Waals surface area contributed by atoms with E-state index >= 15 is 0 Å². The van der Waals surface area contributed by atoms with Crippen molar-refractivity contribution in [3.63, 3.8) is 0 Å². The van der Waals surface area contributed by atoms with Crippen LogP contribution in [0, 0.1) is 13.8 Å². The molecule has 0 radical (unpaired) electrons. The fraction of sp³-hybridized carbons (Fsp3) is 0.278. The molecule has 26 heavy (non-hydrogen) atoms. The van der Waals surface area contributed by atoms with E-state index in [-0.39, 0.29) is 5.91 Å². The van der Waals surface area contributed by atoms with Gasteiger partial charge in [-0.15, -0.1) is 0 Å². The van der Waals surface area contributed by atoms with Crippen LogP contribution in [0.3, 0.4) is 0 Å². The number of rotatable bonds is 6. The lowest BCUT2D eigenvalue weighted by atomic mass is 10.2. The Morgan fingerprint density at radius 1 is 1.19 bits per heavy atom. The molecule has 1 amide bonds. The summed E-state index contributed by atoms with van der Waals surface area (Å²) >= 11 is 6.92. The molecule has 0 fully saturated rings. The SMILES string of the molecule is Cc1nn(CCC(=O)Nc2cnn(Cc3ccc(Br)cc3)c2)c(C)c1Br. The molecule has 0 atom stereocenters. The maximum Gasteiger partial charge on any atom is 0.226 e. The van der Waals surface area contributed by atoms with Crippen molar-refractivity contribution in [2.24, 2.45) is 0 Å². The number of nitrogens with zero attached hydrogens (tertiary/aromatic N) is 4. The number of hydrogen-bond donors (Lipinski definition) is 1. The third kappa shape index (κ3) is 4.62. The van der Waals surface area contributed by atoms with Crippen LogP contribution in [0.15, 0.2) is 45.6 Å². The second-order valence-electron chi connectivity index (χ2n) is 6.06. The Balaban J connectivity index is 1.54. The van der Waals surface area contributed by atoms with E-state index in [0.29, 0.717) is 25.2 Å². The first-order chi connectivity index (χ1) is 12.4. The third-order valence-corrected chi connectivity index (χ3v) is 5.69. The number of amides is 1. The normalized spacial score (nSPS) is 10.9. The van der Waals surface area contributed by atoms with Gasteiger partial charge >= 0.3 is 0 Å². The Bertz CT molecular complexity index is 914. The van der Waals surface area contributed by atoms with Crippen molar-refractivity contribution in [1.82, 2.24) is 19.6 Å². The van der Waals surface area contributed by atoms with Gasteiger partial charge in [-0.3, -0.25) is 14.2 Å². The zero-order valence-electron chi connectivity index (χ0n) is 14.5. The van der Waals surface area contributed by atoms with Gasteiger partial charge in [0.2, 0.25) is 5.91 Å². The van der Waals surface area contributed by atoms with E-state index in [9.17, 15) is 4.79 Å². The molecule has 2 heterocycles. The van der Waals surface area contributed by atoms with Gasteiger partial charge in [-0.05, 0) is 47.5 Å². The Morgan fingerprint density at radius 2 is 1.92 bits per heavy atom. The summed E-state index contributed by atoms with van der Waals surface area (Å²) in [6, 6.07) is 8.07. The summed E-state index contributed by atoms with van der Waals surface area (Å²) in [6.45, 7) is 5.11. The molecule has 0 bridgehead atoms. The highest BCUT2D eigenvalue weighted by Gasteiger charge is 2.11. The number of aryl methyl sites for hydroxylation is 2. The van der Waals surface area contributed by atoms with Gasteiger partial charge in [-0.25, -0.2) is 0 Å². The van der Waals surface area contributed by atoms with Gasteiger partial charge in [0, 0.05) is 22.8 Å². The molecule has 6 nitrogen and oxygen atoms in total. The van der Waals surface area contributed by atoms with Crippen molar-refractivity contribution in [2.45, 2.75) is 33.4 Å². The summed E-state index contributed by atoms with van der Waals surface area (Å²) in [6.07, 6.45) is 3.85. The smallest absolute Gasteiger partial charge is 0.226 e. The third-order valence-electron chi connectivity index (χ3n) is 4.02. The number of carbonyl (C=O) groups is 1. The highest BCUT2D eigenvalue weighted by atomic mass is 79.9. The van der Waals surface area contributed by atoms with Crippen LogP contribution in [-0.2, 0) is 17.9 Å². The van der Waals surface area contributed by atoms with Crippen LogP contribution in [0.2, 0.25) is 0 Å². The molecule has 3 rings (SSSR count). The van der Waals surface area contributed by atoms with Gasteiger partial charge < -0.3 is 5.32 Å². The van der Waals surface area contributed by atoms with Crippen molar-refractivity contribution in [1.29, 1.82) is 0 Å². The van der Waals surface area contributed by atoms with Crippen molar-refractivity contribution < 1.29 is 4.79 Å². The van der Waals surface area contributed by atoms with E-state index < -0.39 is 0 Å². The number of anilines is 1. The predicted molar refractivity (Wildman–Crippen MR) is 108 cm³/mol. The van der Waals surface area contributed by atoms with Gasteiger partial charge in [0.25, 0.3) is 0 Å². The molecule has 0 aliphatic rings. The first-order valence-electron chi connectivity index (χ1n) is 8.18. The van der Waals surface area contributed by atoms with Gasteiger partial charge in [0.05, 0.1) is 35.1 Å². The summed E-state index contributed by atoms with van der Waals surface area (Å²) in [7, 11) is 0. The van der Waals surface area contributed by atoms with E-state index in [4.69, 9.17) is 0 Å². The molecule has 0 spiro atoms. The number of hydrogen-bond acceptors (Lipinski definition) is 3. The molecule has 0 aliphatic heterocycles. The highest BCUT2D eigenvalue weighted by Crippen LogP contribution is 2.20. The summed E-state index contributed by atoms with van der Waals surface area (Å²) in [4.78, 5) is 12.2. The van der Waals surface area contributed by atoms with E-state index in [0.717, 1.165) is 25.9 Å². The number of carbonyl (C=O) groups excluding carboxylic acids is 1. The molecule has 0 unspecified atom stereocenters. The molecule has 8 heteroatoms. The molecular formula is C18H19Br2N5O. The maximum absolute atomic E-state index is 12.2. The number of benzene rings is 1. The van der Waals surface area contributed by atoms with Crippen LogP contribution < -0.4 is 5.32 Å². The largest absolute Gasteiger partial charge is 0.323 e.